The zero-order valence-electron chi connectivity index (χ0n) is 11.8. The number of hydrogen-bond donors (Lipinski definition) is 0. The summed E-state index contributed by atoms with van der Waals surface area (Å²) in [4.78, 5) is 0. The maximum atomic E-state index is 6.43. The highest BCUT2D eigenvalue weighted by molar-refractivity contribution is 9.10. The fourth-order valence-electron chi connectivity index (χ4n) is 3.85. The zero-order chi connectivity index (χ0) is 14.0. The van der Waals surface area contributed by atoms with Crippen molar-refractivity contribution < 1.29 is 4.74 Å². The van der Waals surface area contributed by atoms with Crippen molar-refractivity contribution in [3.63, 3.8) is 0 Å². The Bertz CT molecular complexity index is 456. The first-order chi connectivity index (χ1) is 9.72. The van der Waals surface area contributed by atoms with Crippen LogP contribution in [-0.4, -0.2) is 17.6 Å². The third-order valence-electron chi connectivity index (χ3n) is 4.93. The van der Waals surface area contributed by atoms with Gasteiger partial charge in [-0.2, -0.15) is 0 Å². The van der Waals surface area contributed by atoms with Crippen molar-refractivity contribution in [2.75, 3.05) is 5.88 Å². The lowest BCUT2D eigenvalue weighted by Crippen LogP contribution is -2.25. The Labute approximate surface area is 135 Å². The molecule has 1 heterocycles. The minimum Gasteiger partial charge on any atom is -0.372 e. The average molecular weight is 358 g/mol. The van der Waals surface area contributed by atoms with Gasteiger partial charge < -0.3 is 4.74 Å². The normalized spacial score (nSPS) is 26.2. The first-order valence-electron chi connectivity index (χ1n) is 7.71. The van der Waals surface area contributed by atoms with Crippen molar-refractivity contribution in [2.45, 2.75) is 62.6 Å². The summed E-state index contributed by atoms with van der Waals surface area (Å²) >= 11 is 9.87. The van der Waals surface area contributed by atoms with Crippen LogP contribution in [-0.2, 0) is 4.74 Å². The van der Waals surface area contributed by atoms with E-state index in [9.17, 15) is 0 Å². The largest absolute Gasteiger partial charge is 0.372 e. The summed E-state index contributed by atoms with van der Waals surface area (Å²) in [6.45, 7) is 0. The highest BCUT2D eigenvalue weighted by Gasteiger charge is 2.42. The van der Waals surface area contributed by atoms with Crippen LogP contribution in [0, 0.1) is 0 Å². The molecule has 1 saturated heterocycles. The van der Waals surface area contributed by atoms with Crippen LogP contribution in [0.2, 0.25) is 0 Å². The molecule has 0 amide bonds. The highest BCUT2D eigenvalue weighted by Crippen LogP contribution is 2.45. The van der Waals surface area contributed by atoms with Crippen molar-refractivity contribution >= 4 is 27.5 Å². The van der Waals surface area contributed by atoms with Crippen LogP contribution in [0.3, 0.4) is 0 Å². The zero-order valence-corrected chi connectivity index (χ0v) is 14.1. The van der Waals surface area contributed by atoms with Gasteiger partial charge in [-0.3, -0.25) is 0 Å². The molecule has 1 aliphatic heterocycles. The Balaban J connectivity index is 1.66. The van der Waals surface area contributed by atoms with E-state index >= 15 is 0 Å². The molecule has 1 aromatic rings. The molecule has 0 aromatic heterocycles. The fourth-order valence-corrected chi connectivity index (χ4v) is 4.75. The molecule has 2 fully saturated rings. The molecule has 2 unspecified atom stereocenters. The standard InChI is InChI=1S/C17H22BrClO/c18-16-6-2-1-5-15(16)13(12-19)11-14-7-10-17(20-14)8-3-4-9-17/h1-2,5-6,13-14H,3-4,7-12H2. The summed E-state index contributed by atoms with van der Waals surface area (Å²) in [6.07, 6.45) is 9.12. The van der Waals surface area contributed by atoms with E-state index in [0.717, 1.165) is 6.42 Å². The van der Waals surface area contributed by atoms with Gasteiger partial charge in [0, 0.05) is 16.3 Å². The van der Waals surface area contributed by atoms with Gasteiger partial charge in [-0.15, -0.1) is 11.6 Å². The topological polar surface area (TPSA) is 9.23 Å². The second kappa shape index (κ2) is 6.37. The second-order valence-electron chi connectivity index (χ2n) is 6.28. The Kier molecular flexibility index (Phi) is 4.74. The van der Waals surface area contributed by atoms with E-state index < -0.39 is 0 Å². The molecule has 20 heavy (non-hydrogen) atoms. The van der Waals surface area contributed by atoms with E-state index in [1.807, 2.05) is 0 Å². The Morgan fingerprint density at radius 1 is 1.25 bits per heavy atom. The van der Waals surface area contributed by atoms with E-state index in [2.05, 4.69) is 40.2 Å². The number of hydrogen-bond acceptors (Lipinski definition) is 1. The molecule has 0 N–H and O–H groups in total. The average Bonchev–Trinajstić information content (AvgIpc) is 3.08. The SMILES string of the molecule is ClCC(CC1CCC2(CCCC2)O1)c1ccccc1Br. The smallest absolute Gasteiger partial charge is 0.0687 e. The summed E-state index contributed by atoms with van der Waals surface area (Å²) in [5.74, 6) is 1.05. The molecule has 1 aliphatic carbocycles. The third-order valence-corrected chi connectivity index (χ3v) is 6.03. The van der Waals surface area contributed by atoms with E-state index in [0.29, 0.717) is 17.9 Å². The van der Waals surface area contributed by atoms with Gasteiger partial charge >= 0.3 is 0 Å². The molecule has 1 nitrogen and oxygen atoms in total. The van der Waals surface area contributed by atoms with E-state index in [-0.39, 0.29) is 5.60 Å². The van der Waals surface area contributed by atoms with E-state index in [1.54, 1.807) is 0 Å². The summed E-state index contributed by atoms with van der Waals surface area (Å²) in [6, 6.07) is 8.42. The van der Waals surface area contributed by atoms with E-state index in [1.165, 1.54) is 48.6 Å². The van der Waals surface area contributed by atoms with Crippen molar-refractivity contribution in [1.29, 1.82) is 0 Å². The molecule has 0 radical (unpaired) electrons. The number of ether oxygens (including phenoxy) is 1. The third kappa shape index (κ3) is 3.08. The summed E-state index contributed by atoms with van der Waals surface area (Å²) < 4.78 is 7.60. The lowest BCUT2D eigenvalue weighted by Gasteiger charge is -2.26. The van der Waals surface area contributed by atoms with Crippen LogP contribution in [0.25, 0.3) is 0 Å². The predicted octanol–water partition coefficient (Wildman–Crippen LogP) is 5.65. The number of halogens is 2. The van der Waals surface area contributed by atoms with Gasteiger partial charge in [0.1, 0.15) is 0 Å². The van der Waals surface area contributed by atoms with E-state index in [4.69, 9.17) is 16.3 Å². The van der Waals surface area contributed by atoms with Crippen LogP contribution >= 0.6 is 27.5 Å². The maximum Gasteiger partial charge on any atom is 0.0687 e. The molecule has 1 saturated carbocycles. The van der Waals surface area contributed by atoms with Gasteiger partial charge in [-0.1, -0.05) is 47.0 Å². The molecule has 0 bridgehead atoms. The van der Waals surface area contributed by atoms with Crippen molar-refractivity contribution in [3.8, 4) is 0 Å². The molecule has 2 atom stereocenters. The van der Waals surface area contributed by atoms with Crippen molar-refractivity contribution in [2.24, 2.45) is 0 Å². The van der Waals surface area contributed by atoms with Gasteiger partial charge in [0.25, 0.3) is 0 Å². The molecule has 3 heteroatoms. The lowest BCUT2D eigenvalue weighted by atomic mass is 9.93. The molecule has 110 valence electrons. The fraction of sp³-hybridized carbons (Fsp3) is 0.647. The monoisotopic (exact) mass is 356 g/mol. The number of rotatable bonds is 4. The second-order valence-corrected chi connectivity index (χ2v) is 7.44. The molecular weight excluding hydrogens is 336 g/mol. The molecule has 1 aromatic carbocycles. The molecule has 3 rings (SSSR count). The van der Waals surface area contributed by atoms with Crippen molar-refractivity contribution in [1.82, 2.24) is 0 Å². The summed E-state index contributed by atoms with van der Waals surface area (Å²) in [5.41, 5.74) is 1.55. The molecule has 2 aliphatic rings. The quantitative estimate of drug-likeness (QED) is 0.632. The predicted molar refractivity (Wildman–Crippen MR) is 87.5 cm³/mol. The summed E-state index contributed by atoms with van der Waals surface area (Å²) in [7, 11) is 0. The number of benzene rings is 1. The van der Waals surface area contributed by atoms with Gasteiger partial charge in [-0.05, 0) is 43.7 Å². The van der Waals surface area contributed by atoms with Crippen LogP contribution in [0.5, 0.6) is 0 Å². The van der Waals surface area contributed by atoms with Gasteiger partial charge in [0.05, 0.1) is 11.7 Å². The Morgan fingerprint density at radius 3 is 2.70 bits per heavy atom. The lowest BCUT2D eigenvalue weighted by molar-refractivity contribution is -0.0405. The van der Waals surface area contributed by atoms with Gasteiger partial charge in [-0.25, -0.2) is 0 Å². The van der Waals surface area contributed by atoms with Crippen LogP contribution < -0.4 is 0 Å². The molecular formula is C17H22BrClO. The van der Waals surface area contributed by atoms with Crippen LogP contribution in [0.4, 0.5) is 0 Å². The van der Waals surface area contributed by atoms with Gasteiger partial charge in [0.15, 0.2) is 0 Å². The maximum absolute atomic E-state index is 6.43. The van der Waals surface area contributed by atoms with Crippen LogP contribution in [0.15, 0.2) is 28.7 Å². The minimum atomic E-state index is 0.232. The summed E-state index contributed by atoms with van der Waals surface area (Å²) in [5, 5.41) is 0. The first kappa shape index (κ1) is 14.9. The first-order valence-corrected chi connectivity index (χ1v) is 9.03. The minimum absolute atomic E-state index is 0.232. The Hall–Kier alpha value is -0.0500. The Morgan fingerprint density at radius 2 is 2.00 bits per heavy atom. The van der Waals surface area contributed by atoms with Crippen molar-refractivity contribution in [3.05, 3.63) is 34.3 Å². The highest BCUT2D eigenvalue weighted by atomic mass is 79.9. The number of alkyl halides is 1. The molecule has 1 spiro atoms. The van der Waals surface area contributed by atoms with Crippen LogP contribution in [0.1, 0.15) is 56.4 Å². The van der Waals surface area contributed by atoms with Gasteiger partial charge in [0.2, 0.25) is 0 Å².